The molecule has 0 aromatic carbocycles. The van der Waals surface area contributed by atoms with Gasteiger partial charge in [0.15, 0.2) is 0 Å². The van der Waals surface area contributed by atoms with Crippen LogP contribution < -0.4 is 5.32 Å². The molecule has 0 bridgehead atoms. The second kappa shape index (κ2) is 5.42. The molecule has 6 nitrogen and oxygen atoms in total. The Hall–Kier alpha value is -1.98. The minimum absolute atomic E-state index is 0.0176. The largest absolute Gasteiger partial charge is 0.337 e. The molecule has 6 heteroatoms. The molecule has 0 spiro atoms. The summed E-state index contributed by atoms with van der Waals surface area (Å²) >= 11 is 0. The summed E-state index contributed by atoms with van der Waals surface area (Å²) in [6.07, 6.45) is 0.244. The lowest BCUT2D eigenvalue weighted by atomic mass is 10.1. The van der Waals surface area contributed by atoms with Crippen LogP contribution in [0.5, 0.6) is 0 Å². The van der Waals surface area contributed by atoms with E-state index in [2.05, 4.69) is 15.3 Å². The zero-order valence-electron chi connectivity index (χ0n) is 13.2. The minimum Gasteiger partial charge on any atom is -0.337 e. The second-order valence-corrected chi connectivity index (χ2v) is 6.54. The average molecular weight is 290 g/mol. The first-order valence-electron chi connectivity index (χ1n) is 7.10. The highest BCUT2D eigenvalue weighted by atomic mass is 16.2. The molecule has 114 valence electrons. The van der Waals surface area contributed by atoms with Crippen molar-refractivity contribution in [3.63, 3.8) is 0 Å². The normalized spacial score (nSPS) is 19.0. The molecule has 2 rings (SSSR count). The summed E-state index contributed by atoms with van der Waals surface area (Å²) in [5, 5.41) is 2.72. The first kappa shape index (κ1) is 15.4. The summed E-state index contributed by atoms with van der Waals surface area (Å²) in [4.78, 5) is 34.4. The molecule has 1 atom stereocenters. The predicted molar refractivity (Wildman–Crippen MR) is 79.7 cm³/mol. The highest BCUT2D eigenvalue weighted by Gasteiger charge is 2.39. The van der Waals surface area contributed by atoms with Crippen LogP contribution in [0.1, 0.15) is 38.6 Å². The minimum atomic E-state index is -0.346. The fraction of sp³-hybridized carbons (Fsp3) is 0.600. The van der Waals surface area contributed by atoms with Gasteiger partial charge in [0.05, 0.1) is 5.92 Å². The quantitative estimate of drug-likeness (QED) is 0.899. The lowest BCUT2D eigenvalue weighted by Gasteiger charge is -2.31. The van der Waals surface area contributed by atoms with Gasteiger partial charge in [-0.1, -0.05) is 0 Å². The molecule has 0 radical (unpaired) electrons. The maximum atomic E-state index is 12.3. The summed E-state index contributed by atoms with van der Waals surface area (Å²) in [5.74, 6) is -0.218. The summed E-state index contributed by atoms with van der Waals surface area (Å²) in [6, 6.07) is 1.84. The maximum Gasteiger partial charge on any atom is 0.232 e. The van der Waals surface area contributed by atoms with Gasteiger partial charge in [0, 0.05) is 29.9 Å². The van der Waals surface area contributed by atoms with E-state index in [0.29, 0.717) is 12.5 Å². The molecule has 1 saturated heterocycles. The number of carbonyl (C=O) groups is 2. The number of aromatic nitrogens is 2. The Balaban J connectivity index is 2.07. The third kappa shape index (κ3) is 3.56. The molecule has 1 aliphatic heterocycles. The third-order valence-electron chi connectivity index (χ3n) is 3.52. The Morgan fingerprint density at radius 1 is 1.29 bits per heavy atom. The number of hydrogen-bond acceptors (Lipinski definition) is 4. The molecule has 0 saturated carbocycles. The topological polar surface area (TPSA) is 75.2 Å². The predicted octanol–water partition coefficient (Wildman–Crippen LogP) is 1.68. The van der Waals surface area contributed by atoms with Gasteiger partial charge in [-0.2, -0.15) is 0 Å². The molecule has 2 heterocycles. The van der Waals surface area contributed by atoms with E-state index in [1.165, 1.54) is 0 Å². The van der Waals surface area contributed by atoms with Gasteiger partial charge >= 0.3 is 0 Å². The van der Waals surface area contributed by atoms with Gasteiger partial charge < -0.3 is 4.90 Å². The Morgan fingerprint density at radius 2 is 1.86 bits per heavy atom. The van der Waals surface area contributed by atoms with Crippen molar-refractivity contribution in [1.29, 1.82) is 0 Å². The van der Waals surface area contributed by atoms with Crippen LogP contribution >= 0.6 is 0 Å². The molecule has 1 aromatic rings. The van der Waals surface area contributed by atoms with Crippen LogP contribution in [0.2, 0.25) is 0 Å². The number of anilines is 1. The van der Waals surface area contributed by atoms with Crippen molar-refractivity contribution in [2.24, 2.45) is 5.92 Å². The number of likely N-dealkylation sites (tertiary alicyclic amines) is 1. The highest BCUT2D eigenvalue weighted by Crippen LogP contribution is 2.26. The zero-order valence-corrected chi connectivity index (χ0v) is 13.2. The number of rotatable bonds is 2. The van der Waals surface area contributed by atoms with Crippen molar-refractivity contribution < 1.29 is 9.59 Å². The van der Waals surface area contributed by atoms with Gasteiger partial charge in [0.2, 0.25) is 17.8 Å². The third-order valence-corrected chi connectivity index (χ3v) is 3.52. The first-order chi connectivity index (χ1) is 9.66. The van der Waals surface area contributed by atoms with Crippen molar-refractivity contribution in [3.8, 4) is 0 Å². The molecule has 1 aliphatic rings. The number of carbonyl (C=O) groups excluding carboxylic acids is 2. The molecule has 1 fully saturated rings. The fourth-order valence-electron chi connectivity index (χ4n) is 2.53. The van der Waals surface area contributed by atoms with Crippen LogP contribution in [-0.4, -0.2) is 38.8 Å². The van der Waals surface area contributed by atoms with E-state index in [9.17, 15) is 9.59 Å². The molecule has 0 unspecified atom stereocenters. The molecule has 1 N–H and O–H groups in total. The Kier molecular flexibility index (Phi) is 3.98. The molecule has 21 heavy (non-hydrogen) atoms. The van der Waals surface area contributed by atoms with E-state index in [-0.39, 0.29) is 29.7 Å². The van der Waals surface area contributed by atoms with E-state index in [1.807, 2.05) is 40.7 Å². The van der Waals surface area contributed by atoms with Crippen LogP contribution in [0.3, 0.4) is 0 Å². The Morgan fingerprint density at radius 3 is 2.33 bits per heavy atom. The summed E-state index contributed by atoms with van der Waals surface area (Å²) < 4.78 is 0. The van der Waals surface area contributed by atoms with E-state index in [0.717, 1.165) is 11.4 Å². The van der Waals surface area contributed by atoms with E-state index in [1.54, 1.807) is 4.90 Å². The van der Waals surface area contributed by atoms with Crippen LogP contribution in [0.4, 0.5) is 5.95 Å². The molecule has 1 aromatic heterocycles. The summed E-state index contributed by atoms with van der Waals surface area (Å²) in [5.41, 5.74) is 1.34. The van der Waals surface area contributed by atoms with Gasteiger partial charge in [0.1, 0.15) is 0 Å². The van der Waals surface area contributed by atoms with Gasteiger partial charge in [-0.25, -0.2) is 9.97 Å². The maximum absolute atomic E-state index is 12.3. The summed E-state index contributed by atoms with van der Waals surface area (Å²) in [7, 11) is 0. The van der Waals surface area contributed by atoms with E-state index >= 15 is 0 Å². The van der Waals surface area contributed by atoms with Crippen LogP contribution in [-0.2, 0) is 9.59 Å². The highest BCUT2D eigenvalue weighted by molar-refractivity contribution is 5.96. The number of nitrogens with zero attached hydrogens (tertiary/aromatic N) is 3. The van der Waals surface area contributed by atoms with Gasteiger partial charge in [-0.15, -0.1) is 0 Å². The number of amides is 2. The lowest BCUT2D eigenvalue weighted by Crippen LogP contribution is -2.42. The lowest BCUT2D eigenvalue weighted by molar-refractivity contribution is -0.131. The zero-order chi connectivity index (χ0) is 15.8. The summed E-state index contributed by atoms with van der Waals surface area (Å²) in [6.45, 7) is 10.1. The molecular formula is C15H22N4O2. The first-order valence-corrected chi connectivity index (χ1v) is 7.10. The van der Waals surface area contributed by atoms with Gasteiger partial charge in [-0.3, -0.25) is 14.9 Å². The Labute approximate surface area is 125 Å². The molecular weight excluding hydrogens is 268 g/mol. The van der Waals surface area contributed by atoms with Crippen molar-refractivity contribution in [2.45, 2.75) is 46.6 Å². The number of nitrogens with one attached hydrogen (secondary N) is 1. The van der Waals surface area contributed by atoms with Crippen molar-refractivity contribution in [2.75, 3.05) is 11.9 Å². The monoisotopic (exact) mass is 290 g/mol. The van der Waals surface area contributed by atoms with Crippen molar-refractivity contribution in [1.82, 2.24) is 14.9 Å². The van der Waals surface area contributed by atoms with Gasteiger partial charge in [0.25, 0.3) is 0 Å². The standard InChI is InChI=1S/C15H22N4O2/c1-9-6-10(2)17-14(16-9)18-13(21)11-7-12(20)19(8-11)15(3,4)5/h6,11H,7-8H2,1-5H3,(H,16,17,18,21)/t11-/m0/s1. The molecule has 0 aliphatic carbocycles. The number of aryl methyl sites for hydroxylation is 2. The van der Waals surface area contributed by atoms with Gasteiger partial charge in [-0.05, 0) is 40.7 Å². The molecule has 2 amide bonds. The van der Waals surface area contributed by atoms with Crippen LogP contribution in [0.25, 0.3) is 0 Å². The number of hydrogen-bond donors (Lipinski definition) is 1. The van der Waals surface area contributed by atoms with E-state index in [4.69, 9.17) is 0 Å². The van der Waals surface area contributed by atoms with Crippen molar-refractivity contribution >= 4 is 17.8 Å². The average Bonchev–Trinajstić information content (AvgIpc) is 2.69. The smallest absolute Gasteiger partial charge is 0.232 e. The van der Waals surface area contributed by atoms with E-state index < -0.39 is 0 Å². The SMILES string of the molecule is Cc1cc(C)nc(NC(=O)[C@H]2CC(=O)N(C(C)(C)C)C2)n1. The van der Waals surface area contributed by atoms with Crippen molar-refractivity contribution in [3.05, 3.63) is 17.5 Å². The van der Waals surface area contributed by atoms with Crippen LogP contribution in [0.15, 0.2) is 6.07 Å². The second-order valence-electron chi connectivity index (χ2n) is 6.54. The fourth-order valence-corrected chi connectivity index (χ4v) is 2.53. The van der Waals surface area contributed by atoms with Crippen LogP contribution in [0, 0.1) is 19.8 Å². The Bertz CT molecular complexity index is 557.